The Kier molecular flexibility index (Phi) is 4.17. The molecule has 0 aliphatic carbocycles. The molecule has 1 aliphatic heterocycles. The number of amides is 1. The highest BCUT2D eigenvalue weighted by atomic mass is 19.4. The summed E-state index contributed by atoms with van der Waals surface area (Å²) in [6.45, 7) is 2.85. The van der Waals surface area contributed by atoms with Gasteiger partial charge in [0.2, 0.25) is 0 Å². The van der Waals surface area contributed by atoms with Crippen LogP contribution in [-0.2, 0) is 11.2 Å². The molecule has 1 amide bonds. The maximum atomic E-state index is 12.6. The Morgan fingerprint density at radius 2 is 1.95 bits per heavy atom. The summed E-state index contributed by atoms with van der Waals surface area (Å²) < 4.78 is 37.7. The van der Waals surface area contributed by atoms with E-state index in [2.05, 4.69) is 0 Å². The summed E-state index contributed by atoms with van der Waals surface area (Å²) in [5.74, 6) is -2.72. The second-order valence-electron chi connectivity index (χ2n) is 5.52. The number of benzene rings is 1. The molecule has 1 atom stereocenters. The molecule has 0 aromatic heterocycles. The Bertz CT molecular complexity index is 625. The molecule has 0 saturated carbocycles. The third kappa shape index (κ3) is 3.08. The Balaban J connectivity index is 2.36. The van der Waals surface area contributed by atoms with Crippen LogP contribution in [0.15, 0.2) is 12.1 Å². The topological polar surface area (TPSA) is 57.6 Å². The number of rotatable bonds is 1. The highest BCUT2D eigenvalue weighted by Gasteiger charge is 2.43. The summed E-state index contributed by atoms with van der Waals surface area (Å²) in [6.07, 6.45) is -4.70. The number of halogens is 3. The fourth-order valence-electron chi connectivity index (χ4n) is 2.74. The lowest BCUT2D eigenvalue weighted by molar-refractivity contribution is -0.185. The van der Waals surface area contributed by atoms with Gasteiger partial charge in [0.1, 0.15) is 5.75 Å². The van der Waals surface area contributed by atoms with Gasteiger partial charge in [0.05, 0.1) is 5.56 Å². The average molecular weight is 315 g/mol. The number of phenolic OH excluding ortho intramolecular Hbond substituents is 1. The third-order valence-corrected chi connectivity index (χ3v) is 3.84. The summed E-state index contributed by atoms with van der Waals surface area (Å²) in [6, 6.07) is 2.92. The molecule has 120 valence electrons. The van der Waals surface area contributed by atoms with Crippen LogP contribution < -0.4 is 0 Å². The Hall–Kier alpha value is -2.05. The van der Waals surface area contributed by atoms with E-state index in [9.17, 15) is 27.9 Å². The molecule has 1 aliphatic rings. The van der Waals surface area contributed by atoms with Gasteiger partial charge in [-0.1, -0.05) is 6.92 Å². The van der Waals surface area contributed by atoms with Crippen molar-refractivity contribution in [3.63, 3.8) is 0 Å². The van der Waals surface area contributed by atoms with Crippen LogP contribution >= 0.6 is 0 Å². The van der Waals surface area contributed by atoms with Gasteiger partial charge in [0.25, 0.3) is 0 Å². The zero-order valence-corrected chi connectivity index (χ0v) is 12.2. The number of hydrogen-bond acceptors (Lipinski definition) is 3. The first-order valence-corrected chi connectivity index (χ1v) is 6.84. The number of Topliss-reactive ketones (excluding diaryl/α,β-unsaturated/α-hetero) is 1. The summed E-state index contributed by atoms with van der Waals surface area (Å²) in [7, 11) is 0. The van der Waals surface area contributed by atoms with Crippen LogP contribution in [0.1, 0.15) is 41.3 Å². The number of ketones is 1. The van der Waals surface area contributed by atoms with Crippen LogP contribution in [-0.4, -0.2) is 41.0 Å². The van der Waals surface area contributed by atoms with Gasteiger partial charge in [-0.25, -0.2) is 0 Å². The van der Waals surface area contributed by atoms with Crippen molar-refractivity contribution in [1.82, 2.24) is 4.90 Å². The lowest BCUT2D eigenvalue weighted by atomic mass is 9.92. The van der Waals surface area contributed by atoms with Crippen LogP contribution in [0.4, 0.5) is 13.2 Å². The molecule has 1 aromatic rings. The van der Waals surface area contributed by atoms with Gasteiger partial charge < -0.3 is 10.0 Å². The Morgan fingerprint density at radius 3 is 2.50 bits per heavy atom. The zero-order chi connectivity index (χ0) is 16.7. The van der Waals surface area contributed by atoms with Gasteiger partial charge in [-0.3, -0.25) is 9.59 Å². The van der Waals surface area contributed by atoms with Crippen molar-refractivity contribution in [1.29, 1.82) is 0 Å². The molecule has 7 heteroatoms. The molecule has 1 unspecified atom stereocenters. The number of alkyl halides is 3. The van der Waals surface area contributed by atoms with E-state index in [-0.39, 0.29) is 42.5 Å². The predicted octanol–water partition coefficient (Wildman–Crippen LogP) is 2.65. The van der Waals surface area contributed by atoms with E-state index in [1.165, 1.54) is 19.1 Å². The molecular weight excluding hydrogens is 299 g/mol. The fourth-order valence-corrected chi connectivity index (χ4v) is 2.74. The smallest absolute Gasteiger partial charge is 0.471 e. The first-order chi connectivity index (χ1) is 10.1. The molecular formula is C15H16F3NO3. The van der Waals surface area contributed by atoms with Crippen molar-refractivity contribution in [3.05, 3.63) is 28.8 Å². The van der Waals surface area contributed by atoms with E-state index in [0.29, 0.717) is 11.1 Å². The van der Waals surface area contributed by atoms with Gasteiger partial charge >= 0.3 is 12.1 Å². The van der Waals surface area contributed by atoms with Crippen LogP contribution in [0, 0.1) is 0 Å². The van der Waals surface area contributed by atoms with Crippen LogP contribution in [0.5, 0.6) is 5.75 Å². The van der Waals surface area contributed by atoms with Crippen molar-refractivity contribution in [2.45, 2.75) is 32.4 Å². The number of fused-ring (bicyclic) bond motifs is 1. The van der Waals surface area contributed by atoms with Gasteiger partial charge in [-0.05, 0) is 42.5 Å². The van der Waals surface area contributed by atoms with Crippen LogP contribution in [0.2, 0.25) is 0 Å². The molecule has 4 nitrogen and oxygen atoms in total. The number of nitrogens with zero attached hydrogens (tertiary/aromatic N) is 1. The van der Waals surface area contributed by atoms with Crippen molar-refractivity contribution >= 4 is 11.7 Å². The second-order valence-corrected chi connectivity index (χ2v) is 5.52. The largest absolute Gasteiger partial charge is 0.507 e. The van der Waals surface area contributed by atoms with E-state index in [1.54, 1.807) is 6.92 Å². The summed E-state index contributed by atoms with van der Waals surface area (Å²) in [4.78, 5) is 23.7. The Morgan fingerprint density at radius 1 is 1.32 bits per heavy atom. The van der Waals surface area contributed by atoms with E-state index in [4.69, 9.17) is 0 Å². The van der Waals surface area contributed by atoms with Crippen molar-refractivity contribution < 1.29 is 27.9 Å². The first kappa shape index (κ1) is 16.3. The van der Waals surface area contributed by atoms with Crippen molar-refractivity contribution in [3.8, 4) is 5.75 Å². The minimum atomic E-state index is -4.90. The van der Waals surface area contributed by atoms with Crippen LogP contribution in [0.3, 0.4) is 0 Å². The number of carbonyl (C=O) groups excluding carboxylic acids is 2. The summed E-state index contributed by atoms with van der Waals surface area (Å²) in [5.41, 5.74) is 1.49. The standard InChI is InChI=1S/C15H16F3NO3/c1-8-7-19(14(22)15(16,17)18)4-3-10-5-13(21)12(9(2)20)6-11(8)10/h5-6,8,21H,3-4,7H2,1-2H3. The maximum absolute atomic E-state index is 12.6. The molecule has 1 aromatic carbocycles. The molecule has 1 N–H and O–H groups in total. The summed E-state index contributed by atoms with van der Waals surface area (Å²) >= 11 is 0. The summed E-state index contributed by atoms with van der Waals surface area (Å²) in [5, 5.41) is 9.84. The molecule has 0 saturated heterocycles. The molecule has 0 bridgehead atoms. The first-order valence-electron chi connectivity index (χ1n) is 6.84. The third-order valence-electron chi connectivity index (χ3n) is 3.84. The highest BCUT2D eigenvalue weighted by molar-refractivity contribution is 5.97. The maximum Gasteiger partial charge on any atom is 0.471 e. The van der Waals surface area contributed by atoms with Crippen molar-refractivity contribution in [2.75, 3.05) is 13.1 Å². The van der Waals surface area contributed by atoms with E-state index >= 15 is 0 Å². The van der Waals surface area contributed by atoms with E-state index in [0.717, 1.165) is 4.90 Å². The number of hydrogen-bond donors (Lipinski definition) is 1. The molecule has 22 heavy (non-hydrogen) atoms. The quantitative estimate of drug-likeness (QED) is 0.811. The monoisotopic (exact) mass is 315 g/mol. The Labute approximate surface area is 125 Å². The van der Waals surface area contributed by atoms with Gasteiger partial charge in [0, 0.05) is 13.1 Å². The number of phenols is 1. The molecule has 2 rings (SSSR count). The normalized spacial score (nSPS) is 18.6. The average Bonchev–Trinajstić information content (AvgIpc) is 2.55. The van der Waals surface area contributed by atoms with Crippen molar-refractivity contribution in [2.24, 2.45) is 0 Å². The minimum absolute atomic E-state index is 0.0749. The predicted molar refractivity (Wildman–Crippen MR) is 72.9 cm³/mol. The minimum Gasteiger partial charge on any atom is -0.507 e. The molecule has 0 radical (unpaired) electrons. The fraction of sp³-hybridized carbons (Fsp3) is 0.467. The molecule has 0 spiro atoms. The second kappa shape index (κ2) is 5.62. The molecule has 0 fully saturated rings. The van der Waals surface area contributed by atoms with Crippen LogP contribution in [0.25, 0.3) is 0 Å². The lowest BCUT2D eigenvalue weighted by Crippen LogP contribution is -2.42. The van der Waals surface area contributed by atoms with E-state index in [1.807, 2.05) is 0 Å². The van der Waals surface area contributed by atoms with E-state index < -0.39 is 12.1 Å². The van der Waals surface area contributed by atoms with Gasteiger partial charge in [-0.15, -0.1) is 0 Å². The molecule has 1 heterocycles. The SMILES string of the molecule is CC(=O)c1cc2c(cc1O)CCN(C(=O)C(F)(F)F)CC2C. The van der Waals surface area contributed by atoms with Gasteiger partial charge in [-0.2, -0.15) is 13.2 Å². The zero-order valence-electron chi connectivity index (χ0n) is 12.2. The number of aromatic hydroxyl groups is 1. The lowest BCUT2D eigenvalue weighted by Gasteiger charge is -2.24. The van der Waals surface area contributed by atoms with Gasteiger partial charge in [0.15, 0.2) is 5.78 Å². The number of carbonyl (C=O) groups is 2. The highest BCUT2D eigenvalue weighted by Crippen LogP contribution is 2.32.